The number of carbonyl (C=O) groups is 1. The molecule has 2 aromatic heterocycles. The molecular formula is C12H14N4O4. The molecule has 0 aromatic carbocycles. The molecule has 0 spiro atoms. The first-order valence-corrected chi connectivity index (χ1v) is 6.02. The average molecular weight is 278 g/mol. The van der Waals surface area contributed by atoms with Crippen LogP contribution in [0.5, 0.6) is 0 Å². The molecule has 20 heavy (non-hydrogen) atoms. The summed E-state index contributed by atoms with van der Waals surface area (Å²) in [7, 11) is 1.76. The fourth-order valence-electron chi connectivity index (χ4n) is 1.97. The average Bonchev–Trinajstić information content (AvgIpc) is 2.94. The van der Waals surface area contributed by atoms with E-state index in [9.17, 15) is 14.9 Å². The SMILES string of the molecule is CCc1cc(Cn2cc([N+](=O)[O-])cc2C(=O)O)n(C)n1. The van der Waals surface area contributed by atoms with Gasteiger partial charge in [-0.25, -0.2) is 4.79 Å². The summed E-state index contributed by atoms with van der Waals surface area (Å²) in [4.78, 5) is 21.3. The molecule has 8 nitrogen and oxygen atoms in total. The number of aromatic carboxylic acids is 1. The van der Waals surface area contributed by atoms with Crippen LogP contribution in [0.3, 0.4) is 0 Å². The first-order valence-electron chi connectivity index (χ1n) is 6.02. The van der Waals surface area contributed by atoms with Gasteiger partial charge in [0.2, 0.25) is 0 Å². The summed E-state index contributed by atoms with van der Waals surface area (Å²) in [5.74, 6) is -1.20. The molecule has 0 saturated carbocycles. The van der Waals surface area contributed by atoms with Gasteiger partial charge in [-0.2, -0.15) is 5.10 Å². The van der Waals surface area contributed by atoms with Gasteiger partial charge in [-0.3, -0.25) is 14.8 Å². The molecule has 1 N–H and O–H groups in total. The molecule has 0 fully saturated rings. The largest absolute Gasteiger partial charge is 0.477 e. The molecule has 2 heterocycles. The summed E-state index contributed by atoms with van der Waals surface area (Å²) in [5.41, 5.74) is 1.33. The Kier molecular flexibility index (Phi) is 3.55. The quantitative estimate of drug-likeness (QED) is 0.658. The second-order valence-electron chi connectivity index (χ2n) is 4.38. The first kappa shape index (κ1) is 13.8. The maximum absolute atomic E-state index is 11.1. The van der Waals surface area contributed by atoms with Crippen molar-refractivity contribution in [2.24, 2.45) is 7.05 Å². The Morgan fingerprint density at radius 2 is 2.20 bits per heavy atom. The van der Waals surface area contributed by atoms with E-state index in [0.717, 1.165) is 23.9 Å². The number of nitrogens with zero attached hydrogens (tertiary/aromatic N) is 4. The van der Waals surface area contributed by atoms with Crippen molar-refractivity contribution in [2.75, 3.05) is 0 Å². The summed E-state index contributed by atoms with van der Waals surface area (Å²) in [6, 6.07) is 2.91. The summed E-state index contributed by atoms with van der Waals surface area (Å²) < 4.78 is 2.99. The minimum atomic E-state index is -1.20. The van der Waals surface area contributed by atoms with E-state index in [1.807, 2.05) is 13.0 Å². The van der Waals surface area contributed by atoms with E-state index in [1.54, 1.807) is 11.7 Å². The normalized spacial score (nSPS) is 10.7. The lowest BCUT2D eigenvalue weighted by Crippen LogP contribution is -2.11. The highest BCUT2D eigenvalue weighted by molar-refractivity contribution is 5.86. The highest BCUT2D eigenvalue weighted by Gasteiger charge is 2.19. The summed E-state index contributed by atoms with van der Waals surface area (Å²) in [6.07, 6.45) is 1.99. The lowest BCUT2D eigenvalue weighted by molar-refractivity contribution is -0.384. The zero-order chi connectivity index (χ0) is 14.9. The second kappa shape index (κ2) is 5.16. The minimum Gasteiger partial charge on any atom is -0.477 e. The van der Waals surface area contributed by atoms with Crippen LogP contribution >= 0.6 is 0 Å². The molecule has 0 amide bonds. The monoisotopic (exact) mass is 278 g/mol. The predicted octanol–water partition coefficient (Wildman–Crippen LogP) is 1.44. The van der Waals surface area contributed by atoms with Gasteiger partial charge in [0.15, 0.2) is 0 Å². The molecule has 8 heteroatoms. The van der Waals surface area contributed by atoms with E-state index in [2.05, 4.69) is 5.10 Å². The second-order valence-corrected chi connectivity index (χ2v) is 4.38. The Hall–Kier alpha value is -2.64. The van der Waals surface area contributed by atoms with Crippen molar-refractivity contribution >= 4 is 11.7 Å². The van der Waals surface area contributed by atoms with Crippen molar-refractivity contribution < 1.29 is 14.8 Å². The number of hydrogen-bond donors (Lipinski definition) is 1. The Bertz CT molecular complexity index is 671. The third-order valence-electron chi connectivity index (χ3n) is 3.03. The Labute approximate surface area is 114 Å². The lowest BCUT2D eigenvalue weighted by atomic mass is 10.3. The predicted molar refractivity (Wildman–Crippen MR) is 69.7 cm³/mol. The molecule has 0 bridgehead atoms. The number of aromatic nitrogens is 3. The number of rotatable bonds is 5. The van der Waals surface area contributed by atoms with E-state index in [0.29, 0.717) is 0 Å². The Balaban J connectivity index is 2.39. The fraction of sp³-hybridized carbons (Fsp3) is 0.333. The van der Waals surface area contributed by atoms with Gasteiger partial charge in [-0.15, -0.1) is 0 Å². The van der Waals surface area contributed by atoms with E-state index in [4.69, 9.17) is 5.11 Å². The van der Waals surface area contributed by atoms with Gasteiger partial charge < -0.3 is 9.67 Å². The molecule has 0 aliphatic carbocycles. The summed E-state index contributed by atoms with van der Waals surface area (Å²) >= 11 is 0. The topological polar surface area (TPSA) is 103 Å². The third-order valence-corrected chi connectivity index (χ3v) is 3.03. The molecule has 2 rings (SSSR count). The van der Waals surface area contributed by atoms with Gasteiger partial charge in [-0.05, 0) is 12.5 Å². The number of aryl methyl sites for hydroxylation is 2. The van der Waals surface area contributed by atoms with Crippen LogP contribution in [0.4, 0.5) is 5.69 Å². The number of carboxylic acid groups (broad SMARTS) is 1. The molecule has 0 radical (unpaired) electrons. The van der Waals surface area contributed by atoms with Gasteiger partial charge in [0.25, 0.3) is 5.69 Å². The zero-order valence-electron chi connectivity index (χ0n) is 11.1. The molecule has 0 aliphatic heterocycles. The van der Waals surface area contributed by atoms with E-state index < -0.39 is 10.9 Å². The number of carboxylic acids is 1. The van der Waals surface area contributed by atoms with Crippen LogP contribution in [0.2, 0.25) is 0 Å². The van der Waals surface area contributed by atoms with Gasteiger partial charge in [0, 0.05) is 13.1 Å². The summed E-state index contributed by atoms with van der Waals surface area (Å²) in [5, 5.41) is 24.1. The van der Waals surface area contributed by atoms with Crippen LogP contribution in [-0.4, -0.2) is 30.3 Å². The van der Waals surface area contributed by atoms with E-state index in [-0.39, 0.29) is 17.9 Å². The molecule has 0 atom stereocenters. The van der Waals surface area contributed by atoms with Gasteiger partial charge in [0.1, 0.15) is 5.69 Å². The number of nitro groups is 1. The van der Waals surface area contributed by atoms with Crippen molar-refractivity contribution in [1.29, 1.82) is 0 Å². The maximum atomic E-state index is 11.1. The van der Waals surface area contributed by atoms with E-state index in [1.165, 1.54) is 10.8 Å². The highest BCUT2D eigenvalue weighted by Crippen LogP contribution is 2.18. The van der Waals surface area contributed by atoms with Crippen LogP contribution in [0.15, 0.2) is 18.3 Å². The van der Waals surface area contributed by atoms with Gasteiger partial charge in [-0.1, -0.05) is 6.92 Å². The first-order chi connectivity index (χ1) is 9.42. The van der Waals surface area contributed by atoms with Crippen LogP contribution in [0.25, 0.3) is 0 Å². The van der Waals surface area contributed by atoms with Gasteiger partial charge in [0.05, 0.1) is 29.1 Å². The third kappa shape index (κ3) is 2.53. The van der Waals surface area contributed by atoms with Crippen molar-refractivity contribution in [3.63, 3.8) is 0 Å². The van der Waals surface area contributed by atoms with Crippen LogP contribution in [-0.2, 0) is 20.0 Å². The molecule has 2 aromatic rings. The molecule has 0 aliphatic rings. The number of hydrogen-bond acceptors (Lipinski definition) is 4. The van der Waals surface area contributed by atoms with Crippen LogP contribution in [0.1, 0.15) is 28.8 Å². The Morgan fingerprint density at radius 1 is 1.50 bits per heavy atom. The zero-order valence-corrected chi connectivity index (χ0v) is 11.1. The molecule has 106 valence electrons. The van der Waals surface area contributed by atoms with Crippen LogP contribution < -0.4 is 0 Å². The van der Waals surface area contributed by atoms with Gasteiger partial charge >= 0.3 is 5.97 Å². The van der Waals surface area contributed by atoms with Crippen molar-refractivity contribution in [3.8, 4) is 0 Å². The van der Waals surface area contributed by atoms with Crippen molar-refractivity contribution in [3.05, 3.63) is 45.5 Å². The fourth-order valence-corrected chi connectivity index (χ4v) is 1.97. The molecule has 0 unspecified atom stereocenters. The smallest absolute Gasteiger partial charge is 0.352 e. The van der Waals surface area contributed by atoms with Crippen molar-refractivity contribution in [2.45, 2.75) is 19.9 Å². The van der Waals surface area contributed by atoms with E-state index >= 15 is 0 Å². The highest BCUT2D eigenvalue weighted by atomic mass is 16.6. The van der Waals surface area contributed by atoms with Crippen molar-refractivity contribution in [1.82, 2.24) is 14.3 Å². The maximum Gasteiger partial charge on any atom is 0.352 e. The molecule has 0 saturated heterocycles. The Morgan fingerprint density at radius 3 is 2.70 bits per heavy atom. The lowest BCUT2D eigenvalue weighted by Gasteiger charge is -2.05. The minimum absolute atomic E-state index is 0.115. The summed E-state index contributed by atoms with van der Waals surface area (Å²) in [6.45, 7) is 2.19. The van der Waals surface area contributed by atoms with Crippen LogP contribution in [0, 0.1) is 10.1 Å². The molecular weight excluding hydrogens is 264 g/mol. The standard InChI is InChI=1S/C12H14N4O4/c1-3-8-4-9(14(2)13-8)6-15-7-10(16(19)20)5-11(15)12(17)18/h4-5,7H,3,6H2,1-2H3,(H,17,18).